The monoisotopic (exact) mass is 277 g/mol. The number of nitrogens with one attached hydrogen (secondary N) is 1. The topological polar surface area (TPSA) is 42.2 Å². The number of aryl methyl sites for hydroxylation is 1. The van der Waals surface area contributed by atoms with Gasteiger partial charge < -0.3 is 9.73 Å². The van der Waals surface area contributed by atoms with Crippen LogP contribution in [0.15, 0.2) is 47.1 Å². The number of benzene rings is 1. The lowest BCUT2D eigenvalue weighted by Gasteiger charge is -2.29. The highest BCUT2D eigenvalue weighted by molar-refractivity contribution is 6.19. The Morgan fingerprint density at radius 3 is 2.58 bits per heavy atom. The Bertz CT molecular complexity index is 565. The number of amides is 1. The number of carbonyl (C=O) groups excluding carboxylic acids is 1. The van der Waals surface area contributed by atoms with Gasteiger partial charge in [-0.25, -0.2) is 0 Å². The van der Waals surface area contributed by atoms with Crippen molar-refractivity contribution >= 4 is 17.5 Å². The standard InChI is InChI=1S/C15H16ClNO2/c1-11-8-12(9-19-11)14(18)17-15(2,10-16)13-6-4-3-5-7-13/h3-9H,10H2,1-2H3,(H,17,18). The molecule has 2 rings (SSSR count). The molecule has 1 aromatic carbocycles. The minimum Gasteiger partial charge on any atom is -0.469 e. The third-order valence-corrected chi connectivity index (χ3v) is 3.59. The molecule has 0 radical (unpaired) electrons. The Kier molecular flexibility index (Phi) is 3.96. The van der Waals surface area contributed by atoms with Crippen molar-refractivity contribution in [3.63, 3.8) is 0 Å². The van der Waals surface area contributed by atoms with E-state index in [-0.39, 0.29) is 5.91 Å². The minimum absolute atomic E-state index is 0.191. The van der Waals surface area contributed by atoms with E-state index >= 15 is 0 Å². The second kappa shape index (κ2) is 5.49. The summed E-state index contributed by atoms with van der Waals surface area (Å²) < 4.78 is 5.15. The Labute approximate surface area is 117 Å². The third-order valence-electron chi connectivity index (χ3n) is 3.06. The summed E-state index contributed by atoms with van der Waals surface area (Å²) in [7, 11) is 0. The van der Waals surface area contributed by atoms with Crippen molar-refractivity contribution in [1.29, 1.82) is 0 Å². The van der Waals surface area contributed by atoms with Crippen molar-refractivity contribution in [2.24, 2.45) is 0 Å². The van der Waals surface area contributed by atoms with Gasteiger partial charge in [0.25, 0.3) is 5.91 Å². The molecule has 1 aromatic heterocycles. The van der Waals surface area contributed by atoms with Crippen LogP contribution >= 0.6 is 11.6 Å². The molecule has 1 unspecified atom stereocenters. The van der Waals surface area contributed by atoms with Crippen LogP contribution in [-0.2, 0) is 5.54 Å². The van der Waals surface area contributed by atoms with Gasteiger partial charge in [-0.3, -0.25) is 4.79 Å². The zero-order valence-electron chi connectivity index (χ0n) is 10.9. The van der Waals surface area contributed by atoms with Gasteiger partial charge >= 0.3 is 0 Å². The molecule has 0 aliphatic rings. The van der Waals surface area contributed by atoms with Crippen LogP contribution in [0.2, 0.25) is 0 Å². The molecule has 1 amide bonds. The first kappa shape index (κ1) is 13.7. The third kappa shape index (κ3) is 2.99. The van der Waals surface area contributed by atoms with Gasteiger partial charge in [0.1, 0.15) is 12.0 Å². The summed E-state index contributed by atoms with van der Waals surface area (Å²) in [5.41, 5.74) is 0.869. The van der Waals surface area contributed by atoms with Gasteiger partial charge in [-0.15, -0.1) is 11.6 Å². The Balaban J connectivity index is 2.22. The molecule has 1 heterocycles. The van der Waals surface area contributed by atoms with Gasteiger partial charge in [-0.2, -0.15) is 0 Å². The molecule has 0 aliphatic heterocycles. The highest BCUT2D eigenvalue weighted by Crippen LogP contribution is 2.23. The Morgan fingerprint density at radius 1 is 1.37 bits per heavy atom. The van der Waals surface area contributed by atoms with E-state index in [1.807, 2.05) is 37.3 Å². The molecule has 0 bridgehead atoms. The van der Waals surface area contributed by atoms with Gasteiger partial charge in [0.05, 0.1) is 11.1 Å². The second-order valence-corrected chi connectivity index (χ2v) is 5.00. The summed E-state index contributed by atoms with van der Waals surface area (Å²) in [5.74, 6) is 0.806. The zero-order valence-corrected chi connectivity index (χ0v) is 11.7. The van der Waals surface area contributed by atoms with E-state index in [1.54, 1.807) is 13.0 Å². The molecule has 100 valence electrons. The van der Waals surface area contributed by atoms with Crippen LogP contribution in [-0.4, -0.2) is 11.8 Å². The molecular formula is C15H16ClNO2. The molecule has 1 atom stereocenters. The smallest absolute Gasteiger partial charge is 0.255 e. The highest BCUT2D eigenvalue weighted by Gasteiger charge is 2.28. The van der Waals surface area contributed by atoms with E-state index in [0.29, 0.717) is 17.2 Å². The normalized spacial score (nSPS) is 13.8. The molecule has 4 heteroatoms. The van der Waals surface area contributed by atoms with Crippen molar-refractivity contribution in [3.05, 3.63) is 59.5 Å². The average Bonchev–Trinajstić information content (AvgIpc) is 2.86. The van der Waals surface area contributed by atoms with E-state index in [2.05, 4.69) is 5.32 Å². The molecule has 0 spiro atoms. The zero-order chi connectivity index (χ0) is 13.9. The predicted octanol–water partition coefficient (Wildman–Crippen LogP) is 3.47. The molecular weight excluding hydrogens is 262 g/mol. The summed E-state index contributed by atoms with van der Waals surface area (Å²) in [6.07, 6.45) is 1.45. The molecule has 0 saturated carbocycles. The van der Waals surface area contributed by atoms with Gasteiger partial charge in [-0.1, -0.05) is 30.3 Å². The van der Waals surface area contributed by atoms with Crippen molar-refractivity contribution in [2.75, 3.05) is 5.88 Å². The van der Waals surface area contributed by atoms with Gasteiger partial charge in [0.15, 0.2) is 0 Å². The fourth-order valence-electron chi connectivity index (χ4n) is 1.87. The lowest BCUT2D eigenvalue weighted by atomic mass is 9.94. The SMILES string of the molecule is Cc1cc(C(=O)NC(C)(CCl)c2ccccc2)co1. The summed E-state index contributed by atoms with van der Waals surface area (Å²) in [6, 6.07) is 11.4. The molecule has 0 saturated heterocycles. The molecule has 0 aliphatic carbocycles. The minimum atomic E-state index is -0.606. The maximum absolute atomic E-state index is 12.2. The Morgan fingerprint density at radius 2 is 2.05 bits per heavy atom. The molecule has 3 nitrogen and oxygen atoms in total. The van der Waals surface area contributed by atoms with Crippen LogP contribution in [0.25, 0.3) is 0 Å². The lowest BCUT2D eigenvalue weighted by molar-refractivity contribution is 0.0912. The fraction of sp³-hybridized carbons (Fsp3) is 0.267. The van der Waals surface area contributed by atoms with E-state index in [1.165, 1.54) is 6.26 Å². The molecule has 0 fully saturated rings. The second-order valence-electron chi connectivity index (χ2n) is 4.73. The first-order valence-corrected chi connectivity index (χ1v) is 6.58. The van der Waals surface area contributed by atoms with Gasteiger partial charge in [-0.05, 0) is 25.5 Å². The van der Waals surface area contributed by atoms with Crippen molar-refractivity contribution in [2.45, 2.75) is 19.4 Å². The maximum atomic E-state index is 12.2. The number of carbonyl (C=O) groups is 1. The van der Waals surface area contributed by atoms with Crippen molar-refractivity contribution < 1.29 is 9.21 Å². The quantitative estimate of drug-likeness (QED) is 0.870. The van der Waals surface area contributed by atoms with Crippen LogP contribution in [0.4, 0.5) is 0 Å². The average molecular weight is 278 g/mol. The summed E-state index contributed by atoms with van der Waals surface area (Å²) in [5, 5.41) is 2.96. The lowest BCUT2D eigenvalue weighted by Crippen LogP contribution is -2.44. The van der Waals surface area contributed by atoms with E-state index in [9.17, 15) is 4.79 Å². The highest BCUT2D eigenvalue weighted by atomic mass is 35.5. The van der Waals surface area contributed by atoms with Crippen LogP contribution in [0.3, 0.4) is 0 Å². The number of rotatable bonds is 4. The Hall–Kier alpha value is -1.74. The summed E-state index contributed by atoms with van der Waals surface area (Å²) in [4.78, 5) is 12.2. The van der Waals surface area contributed by atoms with Crippen molar-refractivity contribution in [3.8, 4) is 0 Å². The maximum Gasteiger partial charge on any atom is 0.255 e. The number of hydrogen-bond donors (Lipinski definition) is 1. The number of alkyl halides is 1. The largest absolute Gasteiger partial charge is 0.469 e. The molecule has 2 aromatic rings. The molecule has 1 N–H and O–H groups in total. The van der Waals surface area contributed by atoms with Gasteiger partial charge in [0, 0.05) is 5.88 Å². The fourth-order valence-corrected chi connectivity index (χ4v) is 2.10. The summed E-state index contributed by atoms with van der Waals surface area (Å²) >= 11 is 6.04. The van der Waals surface area contributed by atoms with E-state index < -0.39 is 5.54 Å². The van der Waals surface area contributed by atoms with Crippen LogP contribution < -0.4 is 5.32 Å². The predicted molar refractivity (Wildman–Crippen MR) is 75.4 cm³/mol. The number of furan rings is 1. The van der Waals surface area contributed by atoms with Crippen molar-refractivity contribution in [1.82, 2.24) is 5.32 Å². The van der Waals surface area contributed by atoms with E-state index in [0.717, 1.165) is 5.56 Å². The molecule has 19 heavy (non-hydrogen) atoms. The van der Waals surface area contributed by atoms with Crippen LogP contribution in [0.1, 0.15) is 28.6 Å². The van der Waals surface area contributed by atoms with Crippen LogP contribution in [0.5, 0.6) is 0 Å². The number of halogens is 1. The summed E-state index contributed by atoms with van der Waals surface area (Å²) in [6.45, 7) is 3.70. The first-order chi connectivity index (χ1) is 9.05. The first-order valence-electron chi connectivity index (χ1n) is 6.04. The number of hydrogen-bond acceptors (Lipinski definition) is 2. The van der Waals surface area contributed by atoms with Gasteiger partial charge in [0.2, 0.25) is 0 Å². The van der Waals surface area contributed by atoms with E-state index in [4.69, 9.17) is 16.0 Å². The van der Waals surface area contributed by atoms with Crippen LogP contribution in [0, 0.1) is 6.92 Å².